The summed E-state index contributed by atoms with van der Waals surface area (Å²) in [5.74, 6) is 0. The van der Waals surface area contributed by atoms with Crippen molar-refractivity contribution in [2.75, 3.05) is 13.0 Å². The molecule has 1 aromatic heterocycles. The SMILES string of the molecule is O=c1ccn(CC2(COCP(=O)(O)O)CCC2)c(=O)[nH]1. The van der Waals surface area contributed by atoms with Gasteiger partial charge in [-0.2, -0.15) is 0 Å². The van der Waals surface area contributed by atoms with Gasteiger partial charge in [0.15, 0.2) is 0 Å². The van der Waals surface area contributed by atoms with Crippen molar-refractivity contribution in [2.45, 2.75) is 25.8 Å². The maximum atomic E-state index is 11.6. The Balaban J connectivity index is 2.02. The van der Waals surface area contributed by atoms with E-state index in [-0.39, 0.29) is 12.0 Å². The molecule has 9 heteroatoms. The number of aromatic nitrogens is 2. The van der Waals surface area contributed by atoms with Crippen LogP contribution in [0.1, 0.15) is 19.3 Å². The van der Waals surface area contributed by atoms with Crippen LogP contribution >= 0.6 is 7.60 Å². The molecule has 0 unspecified atom stereocenters. The molecule has 1 aliphatic rings. The van der Waals surface area contributed by atoms with Gasteiger partial charge in [-0.15, -0.1) is 0 Å². The highest BCUT2D eigenvalue weighted by atomic mass is 31.2. The van der Waals surface area contributed by atoms with Crippen LogP contribution in [0.5, 0.6) is 0 Å². The maximum Gasteiger partial charge on any atom is 0.350 e. The van der Waals surface area contributed by atoms with Crippen LogP contribution in [0.3, 0.4) is 0 Å². The Kier molecular flexibility index (Phi) is 4.29. The van der Waals surface area contributed by atoms with E-state index in [9.17, 15) is 14.2 Å². The van der Waals surface area contributed by atoms with Gasteiger partial charge in [-0.1, -0.05) is 6.42 Å². The van der Waals surface area contributed by atoms with E-state index in [1.165, 1.54) is 16.8 Å². The molecule has 0 aliphatic heterocycles. The third kappa shape index (κ3) is 3.89. The smallest absolute Gasteiger partial charge is 0.350 e. The van der Waals surface area contributed by atoms with Crippen LogP contribution in [0.2, 0.25) is 0 Å². The Labute approximate surface area is 114 Å². The van der Waals surface area contributed by atoms with Gasteiger partial charge in [-0.05, 0) is 12.8 Å². The zero-order chi connectivity index (χ0) is 14.8. The van der Waals surface area contributed by atoms with Gasteiger partial charge in [0.1, 0.15) is 6.35 Å². The summed E-state index contributed by atoms with van der Waals surface area (Å²) in [4.78, 5) is 42.3. The van der Waals surface area contributed by atoms with Crippen molar-refractivity contribution < 1.29 is 19.1 Å². The van der Waals surface area contributed by atoms with Gasteiger partial charge in [0.05, 0.1) is 6.61 Å². The van der Waals surface area contributed by atoms with Crippen molar-refractivity contribution in [3.8, 4) is 0 Å². The summed E-state index contributed by atoms with van der Waals surface area (Å²) in [7, 11) is -4.17. The fraction of sp³-hybridized carbons (Fsp3) is 0.636. The average molecular weight is 304 g/mol. The first kappa shape index (κ1) is 15.2. The fourth-order valence-corrected chi connectivity index (χ4v) is 2.67. The van der Waals surface area contributed by atoms with Crippen LogP contribution in [0.25, 0.3) is 0 Å². The molecule has 0 bridgehead atoms. The molecule has 1 fully saturated rings. The lowest BCUT2D eigenvalue weighted by Gasteiger charge is -2.41. The molecule has 0 saturated heterocycles. The maximum absolute atomic E-state index is 11.6. The largest absolute Gasteiger partial charge is 0.368 e. The zero-order valence-corrected chi connectivity index (χ0v) is 11.7. The van der Waals surface area contributed by atoms with E-state index in [0.717, 1.165) is 19.3 Å². The monoisotopic (exact) mass is 304 g/mol. The van der Waals surface area contributed by atoms with Crippen LogP contribution in [0.4, 0.5) is 0 Å². The van der Waals surface area contributed by atoms with Gasteiger partial charge in [0.2, 0.25) is 0 Å². The molecular formula is C11H17N2O6P. The highest BCUT2D eigenvalue weighted by Gasteiger charge is 2.38. The minimum atomic E-state index is -4.17. The summed E-state index contributed by atoms with van der Waals surface area (Å²) < 4.78 is 17.2. The van der Waals surface area contributed by atoms with Gasteiger partial charge in [0.25, 0.3) is 5.56 Å². The molecule has 8 nitrogen and oxygen atoms in total. The molecule has 0 atom stereocenters. The second-order valence-corrected chi connectivity index (χ2v) is 6.82. The Hall–Kier alpha value is -1.21. The van der Waals surface area contributed by atoms with Crippen molar-refractivity contribution >= 4 is 7.60 Å². The van der Waals surface area contributed by atoms with E-state index < -0.39 is 25.2 Å². The number of aromatic amines is 1. The topological polar surface area (TPSA) is 122 Å². The predicted octanol–water partition coefficient (Wildman–Crippen LogP) is -0.141. The zero-order valence-electron chi connectivity index (χ0n) is 10.8. The van der Waals surface area contributed by atoms with Crippen molar-refractivity contribution in [3.05, 3.63) is 33.1 Å². The molecule has 1 saturated carbocycles. The number of hydrogen-bond acceptors (Lipinski definition) is 4. The molecule has 0 radical (unpaired) electrons. The van der Waals surface area contributed by atoms with Crippen molar-refractivity contribution in [2.24, 2.45) is 5.41 Å². The van der Waals surface area contributed by atoms with Crippen LogP contribution in [0, 0.1) is 5.41 Å². The second-order valence-electron chi connectivity index (χ2n) is 5.23. The Morgan fingerprint density at radius 2 is 2.10 bits per heavy atom. The number of nitrogens with zero attached hydrogens (tertiary/aromatic N) is 1. The molecule has 3 N–H and O–H groups in total. The van der Waals surface area contributed by atoms with Crippen molar-refractivity contribution in [1.29, 1.82) is 0 Å². The summed E-state index contributed by atoms with van der Waals surface area (Å²) in [6.45, 7) is 0.549. The van der Waals surface area contributed by atoms with E-state index in [2.05, 4.69) is 4.98 Å². The minimum absolute atomic E-state index is 0.184. The van der Waals surface area contributed by atoms with E-state index in [1.54, 1.807) is 0 Å². The predicted molar refractivity (Wildman–Crippen MR) is 70.5 cm³/mol. The quantitative estimate of drug-likeness (QED) is 0.629. The van der Waals surface area contributed by atoms with Gasteiger partial charge in [-0.25, -0.2) is 4.79 Å². The van der Waals surface area contributed by atoms with Crippen molar-refractivity contribution in [3.63, 3.8) is 0 Å². The van der Waals surface area contributed by atoms with Gasteiger partial charge >= 0.3 is 13.3 Å². The van der Waals surface area contributed by atoms with E-state index in [0.29, 0.717) is 6.54 Å². The lowest BCUT2D eigenvalue weighted by Crippen LogP contribution is -2.42. The molecule has 1 aliphatic carbocycles. The third-order valence-corrected chi connectivity index (χ3v) is 4.00. The fourth-order valence-electron chi connectivity index (χ4n) is 2.34. The number of ether oxygens (including phenoxy) is 1. The van der Waals surface area contributed by atoms with E-state index in [1.807, 2.05) is 0 Å². The van der Waals surface area contributed by atoms with Crippen LogP contribution in [-0.2, 0) is 15.8 Å². The van der Waals surface area contributed by atoms with Gasteiger partial charge in [0, 0.05) is 24.2 Å². The molecule has 2 rings (SSSR count). The highest BCUT2D eigenvalue weighted by molar-refractivity contribution is 7.51. The summed E-state index contributed by atoms with van der Waals surface area (Å²) in [6.07, 6.45) is 3.43. The molecule has 1 aromatic rings. The van der Waals surface area contributed by atoms with Gasteiger partial charge < -0.3 is 14.5 Å². The molecule has 0 amide bonds. The van der Waals surface area contributed by atoms with E-state index in [4.69, 9.17) is 14.5 Å². The van der Waals surface area contributed by atoms with E-state index >= 15 is 0 Å². The number of H-pyrrole nitrogens is 1. The van der Waals surface area contributed by atoms with Crippen LogP contribution in [0.15, 0.2) is 21.9 Å². The molecule has 0 aromatic carbocycles. The highest BCUT2D eigenvalue weighted by Crippen LogP contribution is 2.43. The lowest BCUT2D eigenvalue weighted by molar-refractivity contribution is -0.00796. The number of nitrogens with one attached hydrogen (secondary N) is 1. The summed E-state index contributed by atoms with van der Waals surface area (Å²) >= 11 is 0. The first-order chi connectivity index (χ1) is 9.30. The first-order valence-electron chi connectivity index (χ1n) is 6.22. The third-order valence-electron chi connectivity index (χ3n) is 3.48. The standard InChI is InChI=1S/C11H17N2O6P/c14-9-2-5-13(10(15)12-9)6-11(3-1-4-11)7-19-8-20(16,17)18/h2,5H,1,3-4,6-8H2,(H,12,14,15)(H2,16,17,18). The number of hydrogen-bond donors (Lipinski definition) is 3. The molecule has 20 heavy (non-hydrogen) atoms. The molecular weight excluding hydrogens is 287 g/mol. The normalized spacial score (nSPS) is 17.7. The second kappa shape index (κ2) is 5.65. The first-order valence-corrected chi connectivity index (χ1v) is 8.02. The molecule has 1 heterocycles. The summed E-state index contributed by atoms with van der Waals surface area (Å²) in [5.41, 5.74) is -1.23. The molecule has 0 spiro atoms. The van der Waals surface area contributed by atoms with Gasteiger partial charge in [-0.3, -0.25) is 18.9 Å². The Bertz CT molecular complexity index is 626. The average Bonchev–Trinajstić information content (AvgIpc) is 2.27. The summed E-state index contributed by atoms with van der Waals surface area (Å²) in [6, 6.07) is 1.27. The Morgan fingerprint density at radius 3 is 2.60 bits per heavy atom. The summed E-state index contributed by atoms with van der Waals surface area (Å²) in [5, 5.41) is 0. The van der Waals surface area contributed by atoms with Crippen LogP contribution < -0.4 is 11.2 Å². The van der Waals surface area contributed by atoms with Crippen molar-refractivity contribution in [1.82, 2.24) is 9.55 Å². The lowest BCUT2D eigenvalue weighted by atomic mass is 9.69. The number of rotatable bonds is 6. The molecule has 112 valence electrons. The minimum Gasteiger partial charge on any atom is -0.368 e. The Morgan fingerprint density at radius 1 is 1.40 bits per heavy atom. The van der Waals surface area contributed by atoms with Crippen LogP contribution in [-0.4, -0.2) is 32.3 Å².